The van der Waals surface area contributed by atoms with Gasteiger partial charge in [-0.15, -0.1) is 0 Å². The molecule has 2 N–H and O–H groups in total. The van der Waals surface area contributed by atoms with Crippen LogP contribution < -0.4 is 10.1 Å². The molecule has 3 atom stereocenters. The molecule has 0 radical (unpaired) electrons. The first kappa shape index (κ1) is 26.9. The smallest absolute Gasteiger partial charge is 0.317 e. The Morgan fingerprint density at radius 1 is 1.26 bits per heavy atom. The maximum atomic E-state index is 14.5. The lowest BCUT2D eigenvalue weighted by atomic mass is 10.0. The molecule has 0 spiro atoms. The molecule has 0 unspecified atom stereocenters. The zero-order valence-corrected chi connectivity index (χ0v) is 21.5. The van der Waals surface area contributed by atoms with Crippen molar-refractivity contribution >= 4 is 16.1 Å². The number of likely N-dealkylation sites (N-methyl/N-ethyl adjacent to an activating group) is 1. The molecule has 1 heterocycles. The maximum absolute atomic E-state index is 14.5. The monoisotopic (exact) mass is 507 g/mol. The van der Waals surface area contributed by atoms with Gasteiger partial charge in [0.2, 0.25) is 10.0 Å². The van der Waals surface area contributed by atoms with E-state index in [4.69, 9.17) is 4.74 Å². The van der Waals surface area contributed by atoms with Gasteiger partial charge in [0.05, 0.1) is 13.2 Å². The maximum Gasteiger partial charge on any atom is 0.317 e. The summed E-state index contributed by atoms with van der Waals surface area (Å²) in [6.45, 7) is 7.15. The van der Waals surface area contributed by atoms with Gasteiger partial charge in [-0.3, -0.25) is 0 Å². The van der Waals surface area contributed by atoms with Gasteiger partial charge in [-0.1, -0.05) is 31.2 Å². The Balaban J connectivity index is 2.09. The molecule has 2 aromatic carbocycles. The van der Waals surface area contributed by atoms with Gasteiger partial charge >= 0.3 is 6.03 Å². The molecule has 10 heteroatoms. The molecule has 8 nitrogen and oxygen atoms in total. The van der Waals surface area contributed by atoms with Gasteiger partial charge < -0.3 is 20.1 Å². The molecule has 0 bridgehead atoms. The number of amides is 2. The summed E-state index contributed by atoms with van der Waals surface area (Å²) in [5.74, 6) is -0.680. The molecule has 3 rings (SSSR count). The first-order valence-electron chi connectivity index (χ1n) is 11.7. The first-order valence-corrected chi connectivity index (χ1v) is 13.1. The Bertz CT molecular complexity index is 1160. The van der Waals surface area contributed by atoms with E-state index in [1.54, 1.807) is 38.2 Å². The molecule has 1 aliphatic rings. The van der Waals surface area contributed by atoms with Crippen LogP contribution in [0.5, 0.6) is 5.75 Å². The number of carbonyl (C=O) groups is 1. The largest absolute Gasteiger partial charge is 0.487 e. The summed E-state index contributed by atoms with van der Waals surface area (Å²) in [7, 11) is -2.37. The van der Waals surface area contributed by atoms with E-state index in [-0.39, 0.29) is 48.3 Å². The van der Waals surface area contributed by atoms with Crippen molar-refractivity contribution in [3.8, 4) is 16.9 Å². The van der Waals surface area contributed by atoms with E-state index in [9.17, 15) is 22.7 Å². The summed E-state index contributed by atoms with van der Waals surface area (Å²) >= 11 is 0. The number of urea groups is 1. The van der Waals surface area contributed by atoms with Crippen LogP contribution in [0.15, 0.2) is 47.4 Å². The second-order valence-electron chi connectivity index (χ2n) is 9.37. The number of ether oxygens (including phenoxy) is 1. The number of halogens is 1. The zero-order chi connectivity index (χ0) is 25.9. The highest BCUT2D eigenvalue weighted by molar-refractivity contribution is 7.89. The van der Waals surface area contributed by atoms with E-state index in [0.717, 1.165) is 0 Å². The standard InChI is InChI=1S/C25H34FN3O5S/c1-16(2)27-25(31)28(5)14-23-17(3)13-29(18(4)15-30)35(32,33)24-11-10-19(12-22(24)34-23)20-8-6-7-9-21(20)26/h6-12,16-18,23,30H,13-15H2,1-5H3,(H,27,31)/t17-,18+,23-/m0/s1. The second kappa shape index (κ2) is 10.9. The number of aliphatic hydroxyl groups is 1. The van der Waals surface area contributed by atoms with E-state index in [1.807, 2.05) is 20.8 Å². The minimum Gasteiger partial charge on any atom is -0.487 e. The Kier molecular flexibility index (Phi) is 8.40. The van der Waals surface area contributed by atoms with Crippen LogP contribution in [-0.4, -0.2) is 73.7 Å². The summed E-state index contributed by atoms with van der Waals surface area (Å²) in [4.78, 5) is 13.9. The number of sulfonamides is 1. The number of rotatable bonds is 6. The number of carbonyl (C=O) groups excluding carboxylic acids is 1. The van der Waals surface area contributed by atoms with Crippen LogP contribution in [0.3, 0.4) is 0 Å². The molecule has 192 valence electrons. The van der Waals surface area contributed by atoms with Crippen LogP contribution in [0.25, 0.3) is 11.1 Å². The van der Waals surface area contributed by atoms with E-state index < -0.39 is 28.0 Å². The summed E-state index contributed by atoms with van der Waals surface area (Å²) < 4.78 is 49.2. The number of fused-ring (bicyclic) bond motifs is 1. The average Bonchev–Trinajstić information content (AvgIpc) is 2.80. The normalized spacial score (nSPS) is 20.8. The van der Waals surface area contributed by atoms with E-state index >= 15 is 0 Å². The molecule has 1 aliphatic heterocycles. The SMILES string of the molecule is CC(C)NC(=O)N(C)C[C@@H]1Oc2cc(-c3ccccc3F)ccc2S(=O)(=O)N([C@H](C)CO)C[C@@H]1C. The molecule has 35 heavy (non-hydrogen) atoms. The minimum atomic E-state index is -4.02. The summed E-state index contributed by atoms with van der Waals surface area (Å²) in [6.07, 6.45) is -0.559. The van der Waals surface area contributed by atoms with Crippen molar-refractivity contribution in [1.29, 1.82) is 0 Å². The predicted molar refractivity (Wildman–Crippen MR) is 132 cm³/mol. The molecule has 2 amide bonds. The molecule has 2 aromatic rings. The van der Waals surface area contributed by atoms with Gasteiger partial charge in [0.15, 0.2) is 0 Å². The lowest BCUT2D eigenvalue weighted by molar-refractivity contribution is 0.0810. The predicted octanol–water partition coefficient (Wildman–Crippen LogP) is 3.31. The fourth-order valence-electron chi connectivity index (χ4n) is 4.02. The lowest BCUT2D eigenvalue weighted by Gasteiger charge is -2.37. The van der Waals surface area contributed by atoms with Crippen LogP contribution in [0.1, 0.15) is 27.7 Å². The zero-order valence-electron chi connectivity index (χ0n) is 20.7. The second-order valence-corrected chi connectivity index (χ2v) is 11.2. The lowest BCUT2D eigenvalue weighted by Crippen LogP contribution is -2.51. The number of aliphatic hydroxyl groups excluding tert-OH is 1. The summed E-state index contributed by atoms with van der Waals surface area (Å²) in [5, 5.41) is 12.6. The minimum absolute atomic E-state index is 0.0456. The summed E-state index contributed by atoms with van der Waals surface area (Å²) in [5.41, 5.74) is 0.786. The third-order valence-electron chi connectivity index (χ3n) is 6.06. The fraction of sp³-hybridized carbons (Fsp3) is 0.480. The topological polar surface area (TPSA) is 99.2 Å². The number of nitrogens with zero attached hydrogens (tertiary/aromatic N) is 2. The van der Waals surface area contributed by atoms with Crippen molar-refractivity contribution in [1.82, 2.24) is 14.5 Å². The number of hydrogen-bond acceptors (Lipinski definition) is 5. The number of hydrogen-bond donors (Lipinski definition) is 2. The highest BCUT2D eigenvalue weighted by atomic mass is 32.2. The van der Waals surface area contributed by atoms with Crippen molar-refractivity contribution in [2.24, 2.45) is 5.92 Å². The Morgan fingerprint density at radius 3 is 2.57 bits per heavy atom. The van der Waals surface area contributed by atoms with Crippen molar-refractivity contribution < 1.29 is 27.4 Å². The highest BCUT2D eigenvalue weighted by Gasteiger charge is 2.38. The van der Waals surface area contributed by atoms with E-state index in [2.05, 4.69) is 5.32 Å². The van der Waals surface area contributed by atoms with Gasteiger partial charge in [-0.25, -0.2) is 17.6 Å². The number of nitrogens with one attached hydrogen (secondary N) is 1. The average molecular weight is 508 g/mol. The van der Waals surface area contributed by atoms with Crippen molar-refractivity contribution in [3.63, 3.8) is 0 Å². The van der Waals surface area contributed by atoms with E-state index in [1.165, 1.54) is 27.4 Å². The van der Waals surface area contributed by atoms with E-state index in [0.29, 0.717) is 11.1 Å². The third-order valence-corrected chi connectivity index (χ3v) is 8.08. The highest BCUT2D eigenvalue weighted by Crippen LogP contribution is 2.37. The van der Waals surface area contributed by atoms with Gasteiger partial charge in [0.25, 0.3) is 0 Å². The first-order chi connectivity index (χ1) is 16.4. The number of benzene rings is 2. The van der Waals surface area contributed by atoms with Crippen LogP contribution in [0.4, 0.5) is 9.18 Å². The molecule has 0 fully saturated rings. The molecule has 0 aliphatic carbocycles. The van der Waals surface area contributed by atoms with Crippen LogP contribution in [-0.2, 0) is 10.0 Å². The molecule has 0 saturated carbocycles. The van der Waals surface area contributed by atoms with Crippen molar-refractivity contribution in [2.45, 2.75) is 50.8 Å². The Morgan fingerprint density at radius 2 is 1.94 bits per heavy atom. The van der Waals surface area contributed by atoms with Crippen LogP contribution in [0, 0.1) is 11.7 Å². The molecular weight excluding hydrogens is 473 g/mol. The molecule has 0 saturated heterocycles. The fourth-order valence-corrected chi connectivity index (χ4v) is 5.84. The van der Waals surface area contributed by atoms with Gasteiger partial charge in [-0.05, 0) is 44.5 Å². The quantitative estimate of drug-likeness (QED) is 0.625. The van der Waals surface area contributed by atoms with Gasteiger partial charge in [-0.2, -0.15) is 4.31 Å². The van der Waals surface area contributed by atoms with Crippen molar-refractivity contribution in [2.75, 3.05) is 26.7 Å². The van der Waals surface area contributed by atoms with Gasteiger partial charge in [0.1, 0.15) is 22.6 Å². The van der Waals surface area contributed by atoms with Crippen molar-refractivity contribution in [3.05, 3.63) is 48.3 Å². The third kappa shape index (κ3) is 5.94. The molecular formula is C25H34FN3O5S. The molecule has 0 aromatic heterocycles. The van der Waals surface area contributed by atoms with Crippen LogP contribution in [0.2, 0.25) is 0 Å². The summed E-state index contributed by atoms with van der Waals surface area (Å²) in [6, 6.07) is 9.71. The Hall–Kier alpha value is -2.69. The Labute approximate surface area is 206 Å². The van der Waals surface area contributed by atoms with Gasteiger partial charge in [0, 0.05) is 37.2 Å². The van der Waals surface area contributed by atoms with Crippen LogP contribution >= 0.6 is 0 Å².